The lowest BCUT2D eigenvalue weighted by Gasteiger charge is -2.59. The van der Waals surface area contributed by atoms with Crippen LogP contribution in [0.4, 0.5) is 0 Å². The Morgan fingerprint density at radius 3 is 2.66 bits per heavy atom. The van der Waals surface area contributed by atoms with Crippen molar-refractivity contribution in [3.05, 3.63) is 47.5 Å². The molecule has 3 fully saturated rings. The quantitative estimate of drug-likeness (QED) is 0.502. The van der Waals surface area contributed by atoms with Crippen LogP contribution in [0.3, 0.4) is 0 Å². The zero-order valence-electron chi connectivity index (χ0n) is 27.5. The van der Waals surface area contributed by atoms with Crippen LogP contribution in [0.25, 0.3) is 0 Å². The summed E-state index contributed by atoms with van der Waals surface area (Å²) in [5.74, 6) is -2.27. The lowest BCUT2D eigenvalue weighted by Crippen LogP contribution is -2.55. The number of hydrogen-bond acceptors (Lipinski definition) is 3. The molecule has 3 heteroatoms. The average molecular weight is 444 g/mol. The Hall–Kier alpha value is -1.90. The van der Waals surface area contributed by atoms with Crippen molar-refractivity contribution < 1.29 is 26.7 Å². The van der Waals surface area contributed by atoms with Gasteiger partial charge in [-0.15, -0.1) is 0 Å². The van der Waals surface area contributed by atoms with E-state index in [4.69, 9.17) is 17.1 Å². The molecule has 0 N–H and O–H groups in total. The molecule has 0 unspecified atom stereocenters. The van der Waals surface area contributed by atoms with Crippen molar-refractivity contribution in [1.82, 2.24) is 0 Å². The highest BCUT2D eigenvalue weighted by Crippen LogP contribution is 2.68. The van der Waals surface area contributed by atoms with Crippen LogP contribution < -0.4 is 0 Å². The normalized spacial score (nSPS) is 46.0. The molecule has 172 valence electrons. The van der Waals surface area contributed by atoms with Crippen LogP contribution in [0.2, 0.25) is 0 Å². The Kier molecular flexibility index (Phi) is 3.37. The number of fused-ring (bicyclic) bond motifs is 5. The van der Waals surface area contributed by atoms with E-state index in [1.165, 1.54) is 6.08 Å². The Labute approximate surface area is 205 Å². The molecule has 1 aromatic carbocycles. The van der Waals surface area contributed by atoms with Crippen LogP contribution in [0.15, 0.2) is 42.0 Å². The van der Waals surface area contributed by atoms with Gasteiger partial charge in [0.25, 0.3) is 0 Å². The molecule has 0 heterocycles. The summed E-state index contributed by atoms with van der Waals surface area (Å²) in [4.78, 5) is 25.6. The summed E-state index contributed by atoms with van der Waals surface area (Å²) >= 11 is 0. The number of esters is 1. The third-order valence-corrected chi connectivity index (χ3v) is 8.85. The highest BCUT2D eigenvalue weighted by molar-refractivity contribution is 5.91. The van der Waals surface area contributed by atoms with Gasteiger partial charge in [-0.25, -0.2) is 0 Å². The van der Waals surface area contributed by atoms with E-state index in [2.05, 4.69) is 0 Å². The minimum atomic E-state index is -2.90. The van der Waals surface area contributed by atoms with Crippen LogP contribution in [0.5, 0.6) is 0 Å². The fourth-order valence-electron chi connectivity index (χ4n) is 7.18. The van der Waals surface area contributed by atoms with E-state index in [0.717, 1.165) is 5.56 Å². The molecule has 1 aromatic rings. The zero-order valence-corrected chi connectivity index (χ0v) is 18.5. The van der Waals surface area contributed by atoms with E-state index >= 15 is 0 Å². The van der Waals surface area contributed by atoms with Gasteiger partial charge in [0, 0.05) is 30.6 Å². The maximum Gasteiger partial charge on any atom is 0.306 e. The standard InChI is InChI=1S/C29H38O3/c1-27-16-13-22(30)19-21(27)10-11-23-24(27)14-17-28(2)25(23)15-18-29(28,3)32-26(31)12-9-20-7-5-4-6-8-20/h4-8,19,23-25H,9-18H2,1-3H3/t23-,24+,25+,27+,28+,29+/m1/s1/i1D3,2D3,3D3. The summed E-state index contributed by atoms with van der Waals surface area (Å²) in [6.07, 6.45) is 3.09. The minimum Gasteiger partial charge on any atom is -0.459 e. The second-order valence-electron chi connectivity index (χ2n) is 10.4. The number of carbonyl (C=O) groups is 2. The molecule has 0 spiro atoms. The number of benzene rings is 1. The first-order valence-electron chi connectivity index (χ1n) is 16.5. The summed E-state index contributed by atoms with van der Waals surface area (Å²) in [5.41, 5.74) is -3.77. The maximum absolute atomic E-state index is 13.3. The monoisotopic (exact) mass is 443 g/mol. The third-order valence-electron chi connectivity index (χ3n) is 8.85. The molecule has 0 amide bonds. The van der Waals surface area contributed by atoms with Crippen molar-refractivity contribution in [2.75, 3.05) is 0 Å². The van der Waals surface area contributed by atoms with Crippen LogP contribution >= 0.6 is 0 Å². The van der Waals surface area contributed by atoms with E-state index < -0.39 is 54.8 Å². The fraction of sp³-hybridized carbons (Fsp3) is 0.655. The second-order valence-corrected chi connectivity index (χ2v) is 10.4. The van der Waals surface area contributed by atoms with Gasteiger partial charge in [0.05, 0.1) is 0 Å². The summed E-state index contributed by atoms with van der Waals surface area (Å²) in [6.45, 7) is -8.06. The molecule has 32 heavy (non-hydrogen) atoms. The van der Waals surface area contributed by atoms with Crippen LogP contribution in [0.1, 0.15) is 96.2 Å². The molecule has 0 bridgehead atoms. The molecule has 4 aliphatic carbocycles. The number of ether oxygens (including phenoxy) is 1. The molecule has 0 saturated heterocycles. The van der Waals surface area contributed by atoms with Gasteiger partial charge in [-0.1, -0.05) is 49.6 Å². The second kappa shape index (κ2) is 7.85. The molecule has 5 rings (SSSR count). The maximum atomic E-state index is 13.3. The molecule has 0 radical (unpaired) electrons. The Morgan fingerprint density at radius 2 is 1.88 bits per heavy atom. The van der Waals surface area contributed by atoms with Gasteiger partial charge in [0.15, 0.2) is 5.78 Å². The molecule has 0 aromatic heterocycles. The Balaban J connectivity index is 1.55. The van der Waals surface area contributed by atoms with Crippen LogP contribution in [-0.4, -0.2) is 17.4 Å². The van der Waals surface area contributed by atoms with Crippen molar-refractivity contribution in [2.24, 2.45) is 28.6 Å². The van der Waals surface area contributed by atoms with Crippen molar-refractivity contribution in [2.45, 2.75) is 90.4 Å². The number of ketones is 1. The van der Waals surface area contributed by atoms with Gasteiger partial charge in [0.2, 0.25) is 0 Å². The van der Waals surface area contributed by atoms with Gasteiger partial charge < -0.3 is 4.74 Å². The molecular weight excluding hydrogens is 396 g/mol. The fourth-order valence-corrected chi connectivity index (χ4v) is 7.18. The molecule has 3 nitrogen and oxygen atoms in total. The highest BCUT2D eigenvalue weighted by Gasteiger charge is 2.64. The van der Waals surface area contributed by atoms with Crippen LogP contribution in [-0.2, 0) is 20.7 Å². The van der Waals surface area contributed by atoms with Crippen molar-refractivity contribution in [3.8, 4) is 0 Å². The number of rotatable bonds is 4. The lowest BCUT2D eigenvalue weighted by atomic mass is 9.46. The first kappa shape index (κ1) is 13.7. The largest absolute Gasteiger partial charge is 0.459 e. The van der Waals surface area contributed by atoms with Crippen molar-refractivity contribution in [1.29, 1.82) is 0 Å². The summed E-state index contributed by atoms with van der Waals surface area (Å²) in [7, 11) is 0. The Morgan fingerprint density at radius 1 is 1.03 bits per heavy atom. The smallest absolute Gasteiger partial charge is 0.306 e. The third kappa shape index (κ3) is 3.38. The van der Waals surface area contributed by atoms with Crippen LogP contribution in [0, 0.1) is 28.6 Å². The van der Waals surface area contributed by atoms with E-state index in [1.54, 1.807) is 0 Å². The minimum absolute atomic E-state index is 0.0833. The van der Waals surface area contributed by atoms with Gasteiger partial charge in [-0.3, -0.25) is 9.59 Å². The summed E-state index contributed by atoms with van der Waals surface area (Å²) in [6, 6.07) is 9.25. The van der Waals surface area contributed by atoms with Crippen molar-refractivity contribution in [3.63, 3.8) is 0 Å². The molecule has 4 aliphatic rings. The first-order valence-corrected chi connectivity index (χ1v) is 12.0. The number of allylic oxidation sites excluding steroid dienone is 1. The molecular formula is C29H38O3. The summed E-state index contributed by atoms with van der Waals surface area (Å²) in [5, 5.41) is 0. The first-order chi connectivity index (χ1) is 19.0. The summed E-state index contributed by atoms with van der Waals surface area (Å²) < 4.78 is 83.8. The van der Waals surface area contributed by atoms with E-state index in [9.17, 15) is 9.59 Å². The SMILES string of the molecule is [2H]C([2H])([2H])[C@]12CC[C@H]3[C@@H](CCC4=CC(=O)CC[C@@]43C([2H])([2H])[2H])[C@@H]1CC[C@@]2(OC(=O)CCc1ccccc1)C([2H])([2H])[2H]. The average Bonchev–Trinajstić information content (AvgIpc) is 3.24. The highest BCUT2D eigenvalue weighted by atomic mass is 16.6. The lowest BCUT2D eigenvalue weighted by molar-refractivity contribution is -0.180. The predicted octanol–water partition coefficient (Wildman–Crippen LogP) is 6.45. The van der Waals surface area contributed by atoms with Gasteiger partial charge >= 0.3 is 5.97 Å². The van der Waals surface area contributed by atoms with Gasteiger partial charge in [-0.05, 0) is 93.0 Å². The van der Waals surface area contributed by atoms with Crippen molar-refractivity contribution >= 4 is 11.8 Å². The van der Waals surface area contributed by atoms with E-state index in [0.29, 0.717) is 24.8 Å². The van der Waals surface area contributed by atoms with Gasteiger partial charge in [-0.2, -0.15) is 0 Å². The predicted molar refractivity (Wildman–Crippen MR) is 126 cm³/mol. The number of hydrogen-bond donors (Lipinski definition) is 0. The molecule has 6 atom stereocenters. The van der Waals surface area contributed by atoms with E-state index in [-0.39, 0.29) is 56.6 Å². The van der Waals surface area contributed by atoms with Gasteiger partial charge in [0.1, 0.15) is 5.60 Å². The zero-order chi connectivity index (χ0) is 30.1. The molecule has 3 saturated carbocycles. The van der Waals surface area contributed by atoms with E-state index in [1.807, 2.05) is 30.3 Å². The Bertz CT molecular complexity index is 1220. The molecule has 0 aliphatic heterocycles. The number of aryl methyl sites for hydroxylation is 1. The topological polar surface area (TPSA) is 43.4 Å². The number of carbonyl (C=O) groups excluding carboxylic acids is 2.